The van der Waals surface area contributed by atoms with Crippen molar-refractivity contribution < 1.29 is 14.3 Å². The molecule has 26 heavy (non-hydrogen) atoms. The van der Waals surface area contributed by atoms with Crippen LogP contribution in [0, 0.1) is 6.92 Å². The lowest BCUT2D eigenvalue weighted by molar-refractivity contribution is 0.0940. The van der Waals surface area contributed by atoms with Crippen LogP contribution in [0.15, 0.2) is 30.3 Å². The van der Waals surface area contributed by atoms with Gasteiger partial charge in [0, 0.05) is 5.56 Å². The highest BCUT2D eigenvalue weighted by molar-refractivity contribution is 6.32. The third kappa shape index (κ3) is 4.31. The van der Waals surface area contributed by atoms with Crippen molar-refractivity contribution in [3.05, 3.63) is 57.6 Å². The van der Waals surface area contributed by atoms with Crippen molar-refractivity contribution in [1.29, 1.82) is 0 Å². The second-order valence-electron chi connectivity index (χ2n) is 6.65. The molecule has 140 valence electrons. The summed E-state index contributed by atoms with van der Waals surface area (Å²) < 4.78 is 10.6. The summed E-state index contributed by atoms with van der Waals surface area (Å²) in [5.74, 6) is 1.57. The van der Waals surface area contributed by atoms with Gasteiger partial charge >= 0.3 is 0 Å². The van der Waals surface area contributed by atoms with Gasteiger partial charge in [0.1, 0.15) is 11.5 Å². The van der Waals surface area contributed by atoms with Crippen molar-refractivity contribution in [2.24, 2.45) is 0 Å². The predicted molar refractivity (Wildman–Crippen MR) is 106 cm³/mol. The highest BCUT2D eigenvalue weighted by atomic mass is 35.5. The normalized spacial score (nSPS) is 12.0. The molecule has 2 rings (SSSR count). The fourth-order valence-corrected chi connectivity index (χ4v) is 3.23. The van der Waals surface area contributed by atoms with E-state index in [4.69, 9.17) is 21.1 Å². The Morgan fingerprint density at radius 1 is 1.00 bits per heavy atom. The zero-order valence-corrected chi connectivity index (χ0v) is 16.9. The molecule has 1 amide bonds. The van der Waals surface area contributed by atoms with Gasteiger partial charge in [-0.2, -0.15) is 0 Å². The monoisotopic (exact) mass is 375 g/mol. The topological polar surface area (TPSA) is 47.6 Å². The smallest absolute Gasteiger partial charge is 0.251 e. The van der Waals surface area contributed by atoms with E-state index in [9.17, 15) is 4.79 Å². The number of halogens is 1. The molecule has 1 N–H and O–H groups in total. The summed E-state index contributed by atoms with van der Waals surface area (Å²) in [5.41, 5.74) is 3.77. The Kier molecular flexibility index (Phi) is 6.54. The average Bonchev–Trinajstić information content (AvgIpc) is 2.60. The van der Waals surface area contributed by atoms with Crippen LogP contribution in [-0.4, -0.2) is 20.1 Å². The molecule has 0 aliphatic carbocycles. The first-order chi connectivity index (χ1) is 12.3. The summed E-state index contributed by atoms with van der Waals surface area (Å²) in [5, 5.41) is 3.45. The van der Waals surface area contributed by atoms with Crippen molar-refractivity contribution in [3.8, 4) is 11.5 Å². The summed E-state index contributed by atoms with van der Waals surface area (Å²) >= 11 is 6.12. The molecule has 0 unspecified atom stereocenters. The van der Waals surface area contributed by atoms with Crippen LogP contribution in [0.25, 0.3) is 0 Å². The maximum atomic E-state index is 12.6. The maximum absolute atomic E-state index is 12.6. The van der Waals surface area contributed by atoms with Crippen molar-refractivity contribution >= 4 is 17.5 Å². The summed E-state index contributed by atoms with van der Waals surface area (Å²) in [6.07, 6.45) is 0. The Labute approximate surface area is 160 Å². The van der Waals surface area contributed by atoms with Gasteiger partial charge in [-0.25, -0.2) is 0 Å². The largest absolute Gasteiger partial charge is 0.496 e. The van der Waals surface area contributed by atoms with Gasteiger partial charge in [-0.1, -0.05) is 25.4 Å². The van der Waals surface area contributed by atoms with Gasteiger partial charge in [0.15, 0.2) is 0 Å². The molecule has 4 nitrogen and oxygen atoms in total. The van der Waals surface area contributed by atoms with Crippen molar-refractivity contribution in [3.63, 3.8) is 0 Å². The second kappa shape index (κ2) is 8.45. The van der Waals surface area contributed by atoms with E-state index in [2.05, 4.69) is 25.2 Å². The molecule has 0 aliphatic rings. The molecule has 2 aromatic carbocycles. The van der Waals surface area contributed by atoms with Crippen LogP contribution in [0.5, 0.6) is 11.5 Å². The lowest BCUT2D eigenvalue weighted by atomic mass is 9.93. The van der Waals surface area contributed by atoms with Gasteiger partial charge in [0.25, 0.3) is 5.91 Å². The van der Waals surface area contributed by atoms with E-state index in [-0.39, 0.29) is 11.9 Å². The van der Waals surface area contributed by atoms with Gasteiger partial charge in [0.2, 0.25) is 0 Å². The molecule has 0 radical (unpaired) electrons. The molecule has 0 aromatic heterocycles. The van der Waals surface area contributed by atoms with Crippen LogP contribution in [0.3, 0.4) is 0 Å². The molecule has 0 saturated heterocycles. The molecule has 0 spiro atoms. The van der Waals surface area contributed by atoms with Crippen LogP contribution in [-0.2, 0) is 0 Å². The van der Waals surface area contributed by atoms with Gasteiger partial charge in [-0.15, -0.1) is 0 Å². The summed E-state index contributed by atoms with van der Waals surface area (Å²) in [4.78, 5) is 12.6. The average molecular weight is 376 g/mol. The van der Waals surface area contributed by atoms with E-state index in [1.165, 1.54) is 0 Å². The molecular weight excluding hydrogens is 350 g/mol. The van der Waals surface area contributed by atoms with E-state index < -0.39 is 0 Å². The first-order valence-electron chi connectivity index (χ1n) is 8.61. The molecule has 0 heterocycles. The number of carbonyl (C=O) groups is 1. The SMILES string of the molecule is COc1ccc(C(=O)N[C@H](C)c2cc(C(C)C)c(OC)cc2C)cc1Cl. The third-order valence-electron chi connectivity index (χ3n) is 4.47. The predicted octanol–water partition coefficient (Wildman–Crippen LogP) is 5.28. The minimum absolute atomic E-state index is 0.146. The lowest BCUT2D eigenvalue weighted by Crippen LogP contribution is -2.27. The molecule has 2 aromatic rings. The number of benzene rings is 2. The molecule has 0 saturated carbocycles. The van der Waals surface area contributed by atoms with Gasteiger partial charge in [-0.3, -0.25) is 4.79 Å². The number of ether oxygens (including phenoxy) is 2. The molecule has 0 bridgehead atoms. The standard InChI is InChI=1S/C21H26ClNO3/c1-12(2)16-11-17(13(3)9-20(16)26-6)14(4)23-21(24)15-7-8-19(25-5)18(22)10-15/h7-12,14H,1-6H3,(H,23,24)/t14-/m1/s1. The quantitative estimate of drug-likeness (QED) is 0.747. The zero-order chi connectivity index (χ0) is 19.4. The molecular formula is C21H26ClNO3. The first kappa shape index (κ1) is 20.1. The van der Waals surface area contributed by atoms with E-state index in [1.54, 1.807) is 32.4 Å². The Bertz CT molecular complexity index is 802. The van der Waals surface area contributed by atoms with Crippen LogP contribution in [0.2, 0.25) is 5.02 Å². The number of aryl methyl sites for hydroxylation is 1. The third-order valence-corrected chi connectivity index (χ3v) is 4.76. The summed E-state index contributed by atoms with van der Waals surface area (Å²) in [7, 11) is 3.22. The van der Waals surface area contributed by atoms with Crippen molar-refractivity contribution in [2.45, 2.75) is 39.7 Å². The second-order valence-corrected chi connectivity index (χ2v) is 7.06. The summed E-state index contributed by atoms with van der Waals surface area (Å²) in [6.45, 7) is 8.25. The zero-order valence-electron chi connectivity index (χ0n) is 16.1. The van der Waals surface area contributed by atoms with Crippen LogP contribution in [0.1, 0.15) is 59.8 Å². The molecule has 1 atom stereocenters. The Balaban J connectivity index is 2.26. The number of hydrogen-bond donors (Lipinski definition) is 1. The Morgan fingerprint density at radius 2 is 1.65 bits per heavy atom. The van der Waals surface area contributed by atoms with Crippen LogP contribution >= 0.6 is 11.6 Å². The minimum atomic E-state index is -0.177. The van der Waals surface area contributed by atoms with E-state index in [0.717, 1.165) is 22.4 Å². The van der Waals surface area contributed by atoms with E-state index >= 15 is 0 Å². The van der Waals surface area contributed by atoms with Crippen LogP contribution < -0.4 is 14.8 Å². The molecule has 5 heteroatoms. The van der Waals surface area contributed by atoms with Gasteiger partial charge in [-0.05, 0) is 66.8 Å². The molecule has 0 fully saturated rings. The van der Waals surface area contributed by atoms with Crippen LogP contribution in [0.4, 0.5) is 0 Å². The van der Waals surface area contributed by atoms with E-state index in [1.807, 2.05) is 19.9 Å². The Hall–Kier alpha value is -2.20. The highest BCUT2D eigenvalue weighted by Gasteiger charge is 2.18. The summed E-state index contributed by atoms with van der Waals surface area (Å²) in [6, 6.07) is 9.00. The Morgan fingerprint density at radius 3 is 2.19 bits per heavy atom. The van der Waals surface area contributed by atoms with Gasteiger partial charge < -0.3 is 14.8 Å². The fourth-order valence-electron chi connectivity index (χ4n) is 2.98. The first-order valence-corrected chi connectivity index (χ1v) is 8.99. The van der Waals surface area contributed by atoms with E-state index in [0.29, 0.717) is 22.3 Å². The number of carbonyl (C=O) groups excluding carboxylic acids is 1. The van der Waals surface area contributed by atoms with Gasteiger partial charge in [0.05, 0.1) is 25.3 Å². The fraction of sp³-hybridized carbons (Fsp3) is 0.381. The number of hydrogen-bond acceptors (Lipinski definition) is 3. The highest BCUT2D eigenvalue weighted by Crippen LogP contribution is 2.32. The van der Waals surface area contributed by atoms with Crippen molar-refractivity contribution in [1.82, 2.24) is 5.32 Å². The number of nitrogens with one attached hydrogen (secondary N) is 1. The maximum Gasteiger partial charge on any atom is 0.251 e. The number of amides is 1. The number of rotatable bonds is 6. The van der Waals surface area contributed by atoms with Crippen molar-refractivity contribution in [2.75, 3.05) is 14.2 Å². The molecule has 0 aliphatic heterocycles. The minimum Gasteiger partial charge on any atom is -0.496 e. The number of methoxy groups -OCH3 is 2. The lowest BCUT2D eigenvalue weighted by Gasteiger charge is -2.21.